The van der Waals surface area contributed by atoms with Crippen LogP contribution in [0.25, 0.3) is 22.2 Å². The molecule has 220 valence electrons. The first-order chi connectivity index (χ1) is 21.2. The molecule has 2 aliphatic carbocycles. The number of hydrogen-bond donors (Lipinski definition) is 0. The number of benzene rings is 3. The number of nitrogens with zero attached hydrogens (tertiary/aromatic N) is 2. The summed E-state index contributed by atoms with van der Waals surface area (Å²) in [6.07, 6.45) is 3.05. The number of esters is 1. The number of carbonyl (C=O) groups excluding carboxylic acids is 4. The van der Waals surface area contributed by atoms with Crippen molar-refractivity contribution < 1.29 is 28.7 Å². The summed E-state index contributed by atoms with van der Waals surface area (Å²) in [4.78, 5) is 59.0. The topological polar surface area (TPSA) is 103 Å². The van der Waals surface area contributed by atoms with Crippen LogP contribution in [-0.2, 0) is 14.3 Å². The molecule has 0 radical (unpaired) electrons. The number of imide groups is 1. The van der Waals surface area contributed by atoms with Gasteiger partial charge in [-0.05, 0) is 74.6 Å². The van der Waals surface area contributed by atoms with E-state index in [1.807, 2.05) is 25.1 Å². The van der Waals surface area contributed by atoms with E-state index in [0.29, 0.717) is 39.2 Å². The fraction of sp³-hybridized carbons (Fsp3) is 0.250. The molecular formula is C36H30N2O6. The number of Topliss-reactive ketones (excluding diaryl/α,β-unsaturated/α-hetero) is 1. The van der Waals surface area contributed by atoms with Gasteiger partial charge in [-0.1, -0.05) is 47.5 Å². The van der Waals surface area contributed by atoms with Gasteiger partial charge in [-0.25, -0.2) is 9.78 Å². The van der Waals surface area contributed by atoms with Crippen LogP contribution in [-0.4, -0.2) is 42.3 Å². The van der Waals surface area contributed by atoms with Gasteiger partial charge >= 0.3 is 5.97 Å². The molecule has 4 unspecified atom stereocenters. The highest BCUT2D eigenvalue weighted by Crippen LogP contribution is 2.56. The van der Waals surface area contributed by atoms with Crippen molar-refractivity contribution in [2.75, 3.05) is 18.6 Å². The first-order valence-corrected chi connectivity index (χ1v) is 14.7. The molecule has 2 heterocycles. The van der Waals surface area contributed by atoms with Crippen LogP contribution in [0.15, 0.2) is 84.4 Å². The number of carbonyl (C=O) groups is 4. The number of anilines is 1. The van der Waals surface area contributed by atoms with Gasteiger partial charge in [0.2, 0.25) is 11.8 Å². The van der Waals surface area contributed by atoms with Crippen LogP contribution < -0.4 is 9.64 Å². The fourth-order valence-corrected chi connectivity index (χ4v) is 7.06. The van der Waals surface area contributed by atoms with Crippen molar-refractivity contribution in [2.24, 2.45) is 23.7 Å². The molecule has 2 bridgehead atoms. The zero-order valence-electron chi connectivity index (χ0n) is 24.6. The summed E-state index contributed by atoms with van der Waals surface area (Å²) in [5, 5.41) is 0.613. The number of pyridine rings is 1. The molecular weight excluding hydrogens is 556 g/mol. The molecule has 1 saturated heterocycles. The molecule has 0 N–H and O–H groups in total. The van der Waals surface area contributed by atoms with Crippen molar-refractivity contribution in [1.29, 1.82) is 0 Å². The summed E-state index contributed by atoms with van der Waals surface area (Å²) < 4.78 is 10.7. The maximum absolute atomic E-state index is 13.4. The number of methoxy groups -OCH3 is 1. The number of aryl methyl sites for hydroxylation is 1. The van der Waals surface area contributed by atoms with Crippen molar-refractivity contribution in [2.45, 2.75) is 20.3 Å². The summed E-state index contributed by atoms with van der Waals surface area (Å²) in [5.41, 5.74) is 5.18. The normalized spacial score (nSPS) is 21.9. The van der Waals surface area contributed by atoms with Gasteiger partial charge < -0.3 is 9.47 Å². The Kier molecular flexibility index (Phi) is 6.65. The smallest absolute Gasteiger partial charge is 0.339 e. The SMILES string of the molecule is COc1cccc(C(=O)COC(=O)c2cc(-c3ccc(N4C(=O)C5C6C=C(C)C(C6)C5C4=O)cc3)nc3ccc(C)cc23)c1. The Labute approximate surface area is 254 Å². The Balaban J connectivity index is 1.15. The van der Waals surface area contributed by atoms with Gasteiger partial charge in [-0.2, -0.15) is 0 Å². The van der Waals surface area contributed by atoms with Crippen LogP contribution in [0.1, 0.15) is 39.6 Å². The van der Waals surface area contributed by atoms with E-state index in [-0.39, 0.29) is 46.8 Å². The van der Waals surface area contributed by atoms with E-state index in [0.717, 1.165) is 12.0 Å². The molecule has 2 amide bonds. The Morgan fingerprint density at radius 2 is 1.70 bits per heavy atom. The number of rotatable bonds is 7. The van der Waals surface area contributed by atoms with Crippen molar-refractivity contribution in [3.8, 4) is 17.0 Å². The number of ketones is 1. The molecule has 44 heavy (non-hydrogen) atoms. The zero-order valence-corrected chi connectivity index (χ0v) is 24.6. The lowest BCUT2D eigenvalue weighted by Crippen LogP contribution is -2.32. The van der Waals surface area contributed by atoms with Crippen molar-refractivity contribution >= 4 is 40.2 Å². The van der Waals surface area contributed by atoms with E-state index < -0.39 is 12.6 Å². The van der Waals surface area contributed by atoms with Crippen LogP contribution >= 0.6 is 0 Å². The summed E-state index contributed by atoms with van der Waals surface area (Å²) in [7, 11) is 1.52. The number of amides is 2. The summed E-state index contributed by atoms with van der Waals surface area (Å²) in [6.45, 7) is 3.55. The van der Waals surface area contributed by atoms with E-state index in [1.54, 1.807) is 54.6 Å². The van der Waals surface area contributed by atoms with Crippen molar-refractivity contribution in [1.82, 2.24) is 4.98 Å². The van der Waals surface area contributed by atoms with Crippen molar-refractivity contribution in [3.63, 3.8) is 0 Å². The van der Waals surface area contributed by atoms with Gasteiger partial charge in [0.05, 0.1) is 41.4 Å². The predicted octanol–water partition coefficient (Wildman–Crippen LogP) is 5.96. The van der Waals surface area contributed by atoms with Gasteiger partial charge in [0.25, 0.3) is 0 Å². The van der Waals surface area contributed by atoms with E-state index in [1.165, 1.54) is 17.6 Å². The third kappa shape index (κ3) is 4.49. The second kappa shape index (κ2) is 10.6. The fourth-order valence-electron chi connectivity index (χ4n) is 7.06. The monoisotopic (exact) mass is 586 g/mol. The van der Waals surface area contributed by atoms with Crippen LogP contribution in [0.3, 0.4) is 0 Å². The molecule has 7 rings (SSSR count). The van der Waals surface area contributed by atoms with Gasteiger partial charge in [-0.3, -0.25) is 19.3 Å². The van der Waals surface area contributed by atoms with Gasteiger partial charge in [0.15, 0.2) is 12.4 Å². The minimum atomic E-state index is -0.643. The number of allylic oxidation sites excluding steroid dienone is 2. The number of fused-ring (bicyclic) bond motifs is 6. The lowest BCUT2D eigenvalue weighted by Gasteiger charge is -2.19. The number of aromatic nitrogens is 1. The highest BCUT2D eigenvalue weighted by molar-refractivity contribution is 6.23. The number of ether oxygens (including phenoxy) is 2. The Morgan fingerprint density at radius 1 is 0.932 bits per heavy atom. The molecule has 3 aromatic carbocycles. The van der Waals surface area contributed by atoms with Gasteiger partial charge in [0, 0.05) is 16.5 Å². The lowest BCUT2D eigenvalue weighted by molar-refractivity contribution is -0.123. The average molecular weight is 587 g/mol. The molecule has 1 aromatic heterocycles. The molecule has 4 aromatic rings. The minimum Gasteiger partial charge on any atom is -0.497 e. The maximum Gasteiger partial charge on any atom is 0.339 e. The summed E-state index contributed by atoms with van der Waals surface area (Å²) >= 11 is 0. The molecule has 4 atom stereocenters. The standard InChI is InChI=1S/C36H30N2O6/c1-19-7-12-29-27(13-19)28(36(42)44-18-31(39)22-5-4-6-25(15-22)43-3)17-30(37-29)21-8-10-24(11-9-21)38-34(40)32-23-14-20(2)26(16-23)33(32)35(38)41/h4-15,17,23,26,32-33H,16,18H2,1-3H3. The summed E-state index contributed by atoms with van der Waals surface area (Å²) in [5.74, 6) is -0.961. The first kappa shape index (κ1) is 27.7. The molecule has 1 aliphatic heterocycles. The molecule has 0 spiro atoms. The Hall–Kier alpha value is -5.11. The predicted molar refractivity (Wildman–Crippen MR) is 164 cm³/mol. The third-order valence-corrected chi connectivity index (χ3v) is 9.21. The lowest BCUT2D eigenvalue weighted by atomic mass is 9.82. The average Bonchev–Trinajstić information content (AvgIpc) is 3.68. The third-order valence-electron chi connectivity index (χ3n) is 9.21. The molecule has 3 aliphatic rings. The van der Waals surface area contributed by atoms with Crippen LogP contribution in [0.5, 0.6) is 5.75 Å². The van der Waals surface area contributed by atoms with Crippen molar-refractivity contribution in [3.05, 3.63) is 101 Å². The van der Waals surface area contributed by atoms with Crippen LogP contribution in [0, 0.1) is 30.6 Å². The molecule has 2 fully saturated rings. The minimum absolute atomic E-state index is 0.125. The number of hydrogen-bond acceptors (Lipinski definition) is 7. The molecule has 8 nitrogen and oxygen atoms in total. The van der Waals surface area contributed by atoms with E-state index >= 15 is 0 Å². The highest BCUT2D eigenvalue weighted by atomic mass is 16.5. The Bertz CT molecular complexity index is 1910. The van der Waals surface area contributed by atoms with Gasteiger partial charge in [-0.15, -0.1) is 0 Å². The first-order valence-electron chi connectivity index (χ1n) is 14.7. The second-order valence-corrected chi connectivity index (χ2v) is 11.8. The molecule has 1 saturated carbocycles. The van der Waals surface area contributed by atoms with E-state index in [9.17, 15) is 19.2 Å². The van der Waals surface area contributed by atoms with Gasteiger partial charge in [0.1, 0.15) is 5.75 Å². The summed E-state index contributed by atoms with van der Waals surface area (Å²) in [6, 6.07) is 21.0. The zero-order chi connectivity index (χ0) is 30.7. The quantitative estimate of drug-likeness (QED) is 0.114. The van der Waals surface area contributed by atoms with Crippen LogP contribution in [0.2, 0.25) is 0 Å². The van der Waals surface area contributed by atoms with Crippen LogP contribution in [0.4, 0.5) is 5.69 Å². The highest BCUT2D eigenvalue weighted by Gasteiger charge is 2.60. The van der Waals surface area contributed by atoms with E-state index in [2.05, 4.69) is 13.0 Å². The largest absolute Gasteiger partial charge is 0.497 e. The van der Waals surface area contributed by atoms with E-state index in [4.69, 9.17) is 14.5 Å². The maximum atomic E-state index is 13.4. The Morgan fingerprint density at radius 3 is 2.48 bits per heavy atom. The molecule has 8 heteroatoms. The second-order valence-electron chi connectivity index (χ2n) is 11.8.